The number of nitrogens with one attached hydrogen (secondary N) is 1. The zero-order chi connectivity index (χ0) is 23.8. The van der Waals surface area contributed by atoms with Gasteiger partial charge in [0.15, 0.2) is 0 Å². The third-order valence-electron chi connectivity index (χ3n) is 4.89. The molecule has 2 aromatic rings. The van der Waals surface area contributed by atoms with Crippen molar-refractivity contribution in [1.82, 2.24) is 5.32 Å². The molecule has 0 aliphatic rings. The molecule has 1 amide bonds. The Labute approximate surface area is 197 Å². The molecule has 2 aromatic carbocycles. The highest BCUT2D eigenvalue weighted by Crippen LogP contribution is 2.50. The SMILES string of the molecule is CCCCCCC(C)NC(=O)OCCOP(=O)(OCc1ccccc1)OCc1ccccc1. The van der Waals surface area contributed by atoms with E-state index in [4.69, 9.17) is 18.3 Å². The highest BCUT2D eigenvalue weighted by Gasteiger charge is 2.27. The lowest BCUT2D eigenvalue weighted by atomic mass is 10.1. The van der Waals surface area contributed by atoms with Crippen LogP contribution in [0.3, 0.4) is 0 Å². The third kappa shape index (κ3) is 12.0. The van der Waals surface area contributed by atoms with Gasteiger partial charge in [0.2, 0.25) is 0 Å². The lowest BCUT2D eigenvalue weighted by Crippen LogP contribution is -2.33. The number of ether oxygens (including phenoxy) is 1. The molecule has 0 bridgehead atoms. The average molecular weight is 478 g/mol. The van der Waals surface area contributed by atoms with Gasteiger partial charge in [-0.25, -0.2) is 9.36 Å². The lowest BCUT2D eigenvalue weighted by molar-refractivity contribution is 0.0760. The van der Waals surface area contributed by atoms with Crippen molar-refractivity contribution in [2.24, 2.45) is 0 Å². The first-order valence-electron chi connectivity index (χ1n) is 11.6. The van der Waals surface area contributed by atoms with Crippen LogP contribution in [0.5, 0.6) is 0 Å². The van der Waals surface area contributed by atoms with Crippen molar-refractivity contribution in [2.45, 2.75) is 65.2 Å². The van der Waals surface area contributed by atoms with Gasteiger partial charge in [-0.1, -0.05) is 93.3 Å². The summed E-state index contributed by atoms with van der Waals surface area (Å²) >= 11 is 0. The molecule has 0 spiro atoms. The molecule has 0 heterocycles. The first-order valence-corrected chi connectivity index (χ1v) is 13.0. The zero-order valence-electron chi connectivity index (χ0n) is 19.6. The van der Waals surface area contributed by atoms with Crippen molar-refractivity contribution in [2.75, 3.05) is 13.2 Å². The van der Waals surface area contributed by atoms with Gasteiger partial charge in [-0.15, -0.1) is 0 Å². The second kappa shape index (κ2) is 15.6. The second-order valence-electron chi connectivity index (χ2n) is 7.83. The number of rotatable bonds is 16. The van der Waals surface area contributed by atoms with Crippen LogP contribution >= 0.6 is 7.82 Å². The fraction of sp³-hybridized carbons (Fsp3) is 0.480. The van der Waals surface area contributed by atoms with Crippen molar-refractivity contribution in [1.29, 1.82) is 0 Å². The smallest absolute Gasteiger partial charge is 0.447 e. The number of amides is 1. The number of hydrogen-bond donors (Lipinski definition) is 1. The monoisotopic (exact) mass is 477 g/mol. The minimum absolute atomic E-state index is 0.0322. The predicted molar refractivity (Wildman–Crippen MR) is 129 cm³/mol. The molecule has 7 nitrogen and oxygen atoms in total. The largest absolute Gasteiger partial charge is 0.475 e. The number of phosphoric acid groups is 1. The molecule has 0 aliphatic carbocycles. The standard InChI is InChI=1S/C25H36NO6P/c1-3-4-5-8-13-22(2)26-25(27)29-18-19-30-33(28,31-20-23-14-9-6-10-15-23)32-21-24-16-11-7-12-17-24/h6-7,9-12,14-17,22H,3-5,8,13,18-21H2,1-2H3,(H,26,27). The van der Waals surface area contributed by atoms with Gasteiger partial charge >= 0.3 is 13.9 Å². The van der Waals surface area contributed by atoms with Gasteiger partial charge in [0, 0.05) is 6.04 Å². The Bertz CT molecular complexity index is 786. The molecule has 1 atom stereocenters. The third-order valence-corrected chi connectivity index (χ3v) is 6.27. The quantitative estimate of drug-likeness (QED) is 0.216. The van der Waals surface area contributed by atoms with Crippen LogP contribution in [-0.2, 0) is 36.1 Å². The first kappa shape index (κ1) is 27.1. The van der Waals surface area contributed by atoms with Crippen molar-refractivity contribution < 1.29 is 27.7 Å². The van der Waals surface area contributed by atoms with Gasteiger partial charge in [0.05, 0.1) is 19.8 Å². The van der Waals surface area contributed by atoms with E-state index in [1.165, 1.54) is 12.8 Å². The summed E-state index contributed by atoms with van der Waals surface area (Å²) < 4.78 is 34.8. The Kier molecular flexibility index (Phi) is 12.8. The van der Waals surface area contributed by atoms with Crippen LogP contribution in [0.25, 0.3) is 0 Å². The van der Waals surface area contributed by atoms with Gasteiger partial charge < -0.3 is 10.1 Å². The molecule has 1 N–H and O–H groups in total. The molecular weight excluding hydrogens is 441 g/mol. The van der Waals surface area contributed by atoms with Crippen molar-refractivity contribution in [3.63, 3.8) is 0 Å². The summed E-state index contributed by atoms with van der Waals surface area (Å²) in [6.45, 7) is 4.08. The maximum Gasteiger partial charge on any atom is 0.475 e. The second-order valence-corrected chi connectivity index (χ2v) is 9.50. The first-order chi connectivity index (χ1) is 16.0. The van der Waals surface area contributed by atoms with Gasteiger partial charge in [-0.05, 0) is 24.5 Å². The molecule has 1 unspecified atom stereocenters. The Morgan fingerprint density at radius 1 is 0.848 bits per heavy atom. The minimum atomic E-state index is -3.87. The van der Waals surface area contributed by atoms with E-state index >= 15 is 0 Å². The Morgan fingerprint density at radius 3 is 1.97 bits per heavy atom. The van der Waals surface area contributed by atoms with E-state index in [9.17, 15) is 9.36 Å². The fourth-order valence-electron chi connectivity index (χ4n) is 3.04. The Morgan fingerprint density at radius 2 is 1.42 bits per heavy atom. The Hall–Kier alpha value is -2.18. The van der Waals surface area contributed by atoms with Gasteiger partial charge in [0.25, 0.3) is 0 Å². The van der Waals surface area contributed by atoms with Crippen molar-refractivity contribution >= 4 is 13.9 Å². The summed E-state index contributed by atoms with van der Waals surface area (Å²) in [5.74, 6) is 0. The highest BCUT2D eigenvalue weighted by atomic mass is 31.2. The van der Waals surface area contributed by atoms with Crippen LogP contribution in [0, 0.1) is 0 Å². The van der Waals surface area contributed by atoms with Crippen LogP contribution in [0.4, 0.5) is 4.79 Å². The van der Waals surface area contributed by atoms with E-state index in [-0.39, 0.29) is 32.5 Å². The number of carbonyl (C=O) groups is 1. The molecule has 0 aromatic heterocycles. The van der Waals surface area contributed by atoms with Crippen molar-refractivity contribution in [3.05, 3.63) is 71.8 Å². The number of alkyl carbamates (subject to hydrolysis) is 1. The molecular formula is C25H36NO6P. The normalized spacial score (nSPS) is 12.3. The molecule has 0 fully saturated rings. The summed E-state index contributed by atoms with van der Waals surface area (Å²) in [5, 5.41) is 2.80. The summed E-state index contributed by atoms with van der Waals surface area (Å²) in [6, 6.07) is 18.7. The minimum Gasteiger partial charge on any atom is -0.447 e. The summed E-state index contributed by atoms with van der Waals surface area (Å²) in [4.78, 5) is 12.0. The molecule has 33 heavy (non-hydrogen) atoms. The maximum absolute atomic E-state index is 13.1. The molecule has 182 valence electrons. The van der Waals surface area contributed by atoms with E-state index in [1.54, 1.807) is 0 Å². The van der Waals surface area contributed by atoms with Crippen LogP contribution in [0.1, 0.15) is 57.1 Å². The molecule has 2 rings (SSSR count). The molecule has 0 radical (unpaired) electrons. The van der Waals surface area contributed by atoms with Gasteiger partial charge in [-0.2, -0.15) is 0 Å². The molecule has 0 aliphatic heterocycles. The zero-order valence-corrected chi connectivity index (χ0v) is 20.5. The van der Waals surface area contributed by atoms with E-state index < -0.39 is 13.9 Å². The van der Waals surface area contributed by atoms with E-state index in [0.717, 1.165) is 30.4 Å². The average Bonchev–Trinajstić information content (AvgIpc) is 2.83. The van der Waals surface area contributed by atoms with Crippen LogP contribution in [0.2, 0.25) is 0 Å². The van der Waals surface area contributed by atoms with Gasteiger partial charge in [0.1, 0.15) is 6.61 Å². The number of hydrogen-bond acceptors (Lipinski definition) is 6. The Balaban J connectivity index is 1.77. The molecule has 8 heteroatoms. The number of phosphoric ester groups is 1. The number of carbonyl (C=O) groups excluding carboxylic acids is 1. The lowest BCUT2D eigenvalue weighted by Gasteiger charge is -2.19. The number of benzene rings is 2. The van der Waals surface area contributed by atoms with Crippen LogP contribution in [-0.4, -0.2) is 25.3 Å². The van der Waals surface area contributed by atoms with Crippen LogP contribution < -0.4 is 5.32 Å². The maximum atomic E-state index is 13.1. The summed E-state index contributed by atoms with van der Waals surface area (Å²) in [6.07, 6.45) is 4.99. The summed E-state index contributed by atoms with van der Waals surface area (Å²) in [7, 11) is -3.87. The summed E-state index contributed by atoms with van der Waals surface area (Å²) in [5.41, 5.74) is 1.68. The fourth-order valence-corrected chi connectivity index (χ4v) is 4.18. The topological polar surface area (TPSA) is 83.1 Å². The molecule has 0 saturated heterocycles. The van der Waals surface area contributed by atoms with Crippen LogP contribution in [0.15, 0.2) is 60.7 Å². The van der Waals surface area contributed by atoms with E-state index in [1.807, 2.05) is 67.6 Å². The predicted octanol–water partition coefficient (Wildman–Crippen LogP) is 6.63. The highest BCUT2D eigenvalue weighted by molar-refractivity contribution is 7.48. The molecule has 0 saturated carbocycles. The van der Waals surface area contributed by atoms with E-state index in [0.29, 0.717) is 0 Å². The number of unbranched alkanes of at least 4 members (excludes halogenated alkanes) is 3. The van der Waals surface area contributed by atoms with Crippen molar-refractivity contribution in [3.8, 4) is 0 Å². The van der Waals surface area contributed by atoms with E-state index in [2.05, 4.69) is 12.2 Å². The van der Waals surface area contributed by atoms with Gasteiger partial charge in [-0.3, -0.25) is 13.6 Å².